The number of aliphatic carboxylic acids is 1. The van der Waals surface area contributed by atoms with Crippen LogP contribution in [0.3, 0.4) is 0 Å². The number of methoxy groups -OCH3 is 2. The summed E-state index contributed by atoms with van der Waals surface area (Å²) in [6, 6.07) is 0. The molecule has 0 bridgehead atoms. The van der Waals surface area contributed by atoms with Gasteiger partial charge in [0, 0.05) is 44.3 Å². The Morgan fingerprint density at radius 3 is 1.96 bits per heavy atom. The van der Waals surface area contributed by atoms with Crippen molar-refractivity contribution in [3.63, 3.8) is 0 Å². The highest BCUT2D eigenvalue weighted by molar-refractivity contribution is 5.67. The summed E-state index contributed by atoms with van der Waals surface area (Å²) < 4.78 is 24.7. The zero-order chi connectivity index (χ0) is 38.3. The molecule has 2 heterocycles. The monoisotopic (exact) mass is 716 g/mol. The molecule has 0 aromatic rings. The largest absolute Gasteiger partial charge is 0.481 e. The fourth-order valence-corrected chi connectivity index (χ4v) is 7.73. The Morgan fingerprint density at radius 1 is 0.863 bits per heavy atom. The quantitative estimate of drug-likeness (QED) is 0.0809. The number of hydrogen-bond acceptors (Lipinski definition) is 8. The van der Waals surface area contributed by atoms with Gasteiger partial charge in [-0.3, -0.25) is 4.79 Å². The second kappa shape index (κ2) is 22.0. The molecule has 2 aliphatic rings. The van der Waals surface area contributed by atoms with E-state index in [0.717, 1.165) is 12.8 Å². The summed E-state index contributed by atoms with van der Waals surface area (Å²) in [5, 5.41) is 43.4. The van der Waals surface area contributed by atoms with E-state index >= 15 is 0 Å². The van der Waals surface area contributed by atoms with Crippen LogP contribution in [0.15, 0.2) is 72.4 Å². The van der Waals surface area contributed by atoms with Crippen LogP contribution < -0.4 is 0 Å². The molecule has 2 rings (SSSR count). The van der Waals surface area contributed by atoms with Crippen molar-refractivity contribution < 1.29 is 44.2 Å². The molecule has 2 saturated heterocycles. The van der Waals surface area contributed by atoms with Crippen molar-refractivity contribution in [1.29, 1.82) is 0 Å². The van der Waals surface area contributed by atoms with Gasteiger partial charge >= 0.3 is 5.97 Å². The van der Waals surface area contributed by atoms with Crippen LogP contribution in [0.5, 0.6) is 0 Å². The number of ether oxygens (including phenoxy) is 4. The van der Waals surface area contributed by atoms with Crippen molar-refractivity contribution in [1.82, 2.24) is 0 Å². The van der Waals surface area contributed by atoms with Crippen LogP contribution in [-0.4, -0.2) is 89.1 Å². The van der Waals surface area contributed by atoms with E-state index in [1.165, 1.54) is 12.7 Å². The maximum atomic E-state index is 11.5. The molecule has 0 aromatic carbocycles. The topological polar surface area (TPSA) is 135 Å². The molecule has 0 saturated carbocycles. The van der Waals surface area contributed by atoms with E-state index in [1.807, 2.05) is 70.2 Å². The fourth-order valence-electron chi connectivity index (χ4n) is 7.73. The number of carbonyl (C=O) groups is 1. The number of aliphatic hydroxyl groups is 3. The lowest BCUT2D eigenvalue weighted by atomic mass is 9.74. The van der Waals surface area contributed by atoms with Crippen LogP contribution in [0.4, 0.5) is 0 Å². The molecule has 0 radical (unpaired) electrons. The fraction of sp³-hybridized carbons (Fsp3) is 0.690. The first kappa shape index (κ1) is 44.8. The molecule has 1 spiro atoms. The van der Waals surface area contributed by atoms with Crippen molar-refractivity contribution in [3.05, 3.63) is 72.4 Å². The van der Waals surface area contributed by atoms with Crippen LogP contribution in [0, 0.1) is 35.5 Å². The van der Waals surface area contributed by atoms with Gasteiger partial charge in [-0.25, -0.2) is 0 Å². The molecule has 0 amide bonds. The molecule has 0 aromatic heterocycles. The van der Waals surface area contributed by atoms with E-state index in [-0.39, 0.29) is 54.1 Å². The molecule has 9 heteroatoms. The van der Waals surface area contributed by atoms with Crippen LogP contribution in [0.25, 0.3) is 0 Å². The van der Waals surface area contributed by atoms with Gasteiger partial charge in [0.25, 0.3) is 0 Å². The summed E-state index contributed by atoms with van der Waals surface area (Å²) in [6.07, 6.45) is 19.5. The average molecular weight is 717 g/mol. The molecular weight excluding hydrogens is 648 g/mol. The number of carboxylic acid groups (broad SMARTS) is 1. The Balaban J connectivity index is 2.10. The standard InChI is InChI=1S/C42H68O9/c1-11-20-27(2)23-29(4)39(47)33(8)41-31(6)35(49-10)26-42(51-41)36(43)24-30(5)40(50-42)32(7)38(46)28(3)21-18-16-14-12-13-15-17-19-22-34(48-9)25-37(44)45/h12-22,28-36,38-41,43,46-47H,11,23-26H2,1-10H3,(H,44,45)/b13-12-,16-14+,17-15+,21-18-,22-19-,27-20+/t28-,29-,30-,31+,32-,33+,34+,35+,36+,38-,39-,40-,41-,42+/m0/s1. The van der Waals surface area contributed by atoms with Crippen LogP contribution in [-0.2, 0) is 23.7 Å². The summed E-state index contributed by atoms with van der Waals surface area (Å²) >= 11 is 0. The average Bonchev–Trinajstić information content (AvgIpc) is 3.09. The van der Waals surface area contributed by atoms with Crippen LogP contribution in [0.1, 0.15) is 87.5 Å². The number of carboxylic acids is 1. The van der Waals surface area contributed by atoms with E-state index in [2.05, 4.69) is 33.8 Å². The summed E-state index contributed by atoms with van der Waals surface area (Å²) in [7, 11) is 3.16. The first-order valence-corrected chi connectivity index (χ1v) is 18.8. The second-order valence-corrected chi connectivity index (χ2v) is 15.0. The van der Waals surface area contributed by atoms with E-state index in [4.69, 9.17) is 24.1 Å². The third-order valence-corrected chi connectivity index (χ3v) is 10.9. The van der Waals surface area contributed by atoms with Crippen molar-refractivity contribution >= 4 is 5.97 Å². The molecule has 290 valence electrons. The smallest absolute Gasteiger partial charge is 0.306 e. The summed E-state index contributed by atoms with van der Waals surface area (Å²) in [6.45, 7) is 16.4. The SMILES string of the molecule is CC/C=C(\C)C[C@H](C)[C@H](O)[C@@H](C)[C@H]1O[C@@]2(C[C@@H](OC)[C@H]1C)O[C@H]([C@@H](C)[C@@H](O)[C@@H](C)\C=C/C=C/C=C\C=C\C=C/[C@H](CC(=O)O)OC)[C@@H](C)C[C@H]2O. The minimum absolute atomic E-state index is 0.0179. The first-order chi connectivity index (χ1) is 24.1. The molecule has 9 nitrogen and oxygen atoms in total. The third kappa shape index (κ3) is 13.2. The van der Waals surface area contributed by atoms with Crippen LogP contribution >= 0.6 is 0 Å². The Hall–Kier alpha value is -2.37. The highest BCUT2D eigenvalue weighted by Crippen LogP contribution is 2.47. The summed E-state index contributed by atoms with van der Waals surface area (Å²) in [4.78, 5) is 10.8. The highest BCUT2D eigenvalue weighted by Gasteiger charge is 2.57. The normalized spacial score (nSPS) is 32.3. The van der Waals surface area contributed by atoms with E-state index in [1.54, 1.807) is 25.3 Å². The Morgan fingerprint density at radius 2 is 1.41 bits per heavy atom. The number of allylic oxidation sites excluding steroid dienone is 10. The molecule has 4 N–H and O–H groups in total. The number of rotatable bonds is 19. The Kier molecular flexibility index (Phi) is 19.3. The second-order valence-electron chi connectivity index (χ2n) is 15.0. The van der Waals surface area contributed by atoms with E-state index in [0.29, 0.717) is 12.8 Å². The zero-order valence-corrected chi connectivity index (χ0v) is 32.7. The lowest BCUT2D eigenvalue weighted by Crippen LogP contribution is -2.65. The predicted octanol–water partition coefficient (Wildman–Crippen LogP) is 7.19. The summed E-state index contributed by atoms with van der Waals surface area (Å²) in [5.74, 6) is -2.87. The minimum Gasteiger partial charge on any atom is -0.481 e. The van der Waals surface area contributed by atoms with Crippen molar-refractivity contribution in [2.45, 2.75) is 136 Å². The number of hydrogen-bond donors (Lipinski definition) is 4. The lowest BCUT2D eigenvalue weighted by molar-refractivity contribution is -0.391. The van der Waals surface area contributed by atoms with Gasteiger partial charge in [0.05, 0.1) is 43.0 Å². The maximum absolute atomic E-state index is 11.5. The molecular formula is C42H68O9. The van der Waals surface area contributed by atoms with Gasteiger partial charge in [-0.1, -0.05) is 121 Å². The molecule has 51 heavy (non-hydrogen) atoms. The van der Waals surface area contributed by atoms with E-state index < -0.39 is 42.3 Å². The number of aliphatic hydroxyl groups excluding tert-OH is 3. The van der Waals surface area contributed by atoms with Gasteiger partial charge in [0.2, 0.25) is 0 Å². The van der Waals surface area contributed by atoms with Gasteiger partial charge in [-0.05, 0) is 38.0 Å². The molecule has 0 aliphatic carbocycles. The molecule has 2 fully saturated rings. The first-order valence-electron chi connectivity index (χ1n) is 18.8. The van der Waals surface area contributed by atoms with Gasteiger partial charge < -0.3 is 39.4 Å². The lowest BCUT2D eigenvalue weighted by Gasteiger charge is -2.56. The van der Waals surface area contributed by atoms with Gasteiger partial charge in [0.1, 0.15) is 6.10 Å². The minimum atomic E-state index is -1.30. The van der Waals surface area contributed by atoms with Gasteiger partial charge in [-0.2, -0.15) is 0 Å². The molecule has 0 unspecified atom stereocenters. The summed E-state index contributed by atoms with van der Waals surface area (Å²) in [5.41, 5.74) is 1.26. The van der Waals surface area contributed by atoms with Crippen molar-refractivity contribution in [2.75, 3.05) is 14.2 Å². The highest BCUT2D eigenvalue weighted by atomic mass is 16.7. The third-order valence-electron chi connectivity index (χ3n) is 10.9. The van der Waals surface area contributed by atoms with Crippen molar-refractivity contribution in [3.8, 4) is 0 Å². The van der Waals surface area contributed by atoms with Gasteiger partial charge in [-0.15, -0.1) is 0 Å². The van der Waals surface area contributed by atoms with Crippen LogP contribution in [0.2, 0.25) is 0 Å². The molecule has 14 atom stereocenters. The molecule has 2 aliphatic heterocycles. The predicted molar refractivity (Wildman–Crippen MR) is 203 cm³/mol. The maximum Gasteiger partial charge on any atom is 0.306 e. The Labute approximate surface area is 307 Å². The van der Waals surface area contributed by atoms with Gasteiger partial charge in [0.15, 0.2) is 5.79 Å². The van der Waals surface area contributed by atoms with Crippen molar-refractivity contribution in [2.24, 2.45) is 35.5 Å². The zero-order valence-electron chi connectivity index (χ0n) is 32.7. The Bertz CT molecular complexity index is 1220. The van der Waals surface area contributed by atoms with E-state index in [9.17, 15) is 20.1 Å².